The van der Waals surface area contributed by atoms with Gasteiger partial charge in [0, 0.05) is 21.9 Å². The molecular formula is C20H25BrO5. The average Bonchev–Trinajstić information content (AvgIpc) is 2.77. The van der Waals surface area contributed by atoms with E-state index in [1.54, 1.807) is 45.0 Å². The van der Waals surface area contributed by atoms with Crippen LogP contribution in [0.25, 0.3) is 0 Å². The molecular weight excluding hydrogens is 400 g/mol. The van der Waals surface area contributed by atoms with E-state index in [9.17, 15) is 14.4 Å². The maximum Gasteiger partial charge on any atom is 0.321 e. The second-order valence-electron chi connectivity index (χ2n) is 7.42. The summed E-state index contributed by atoms with van der Waals surface area (Å²) in [5.74, 6) is -3.65. The van der Waals surface area contributed by atoms with Crippen molar-refractivity contribution in [3.8, 4) is 0 Å². The Morgan fingerprint density at radius 2 is 1.81 bits per heavy atom. The molecule has 1 saturated heterocycles. The molecule has 142 valence electrons. The number of benzene rings is 1. The van der Waals surface area contributed by atoms with Gasteiger partial charge in [-0.3, -0.25) is 14.4 Å². The Labute approximate surface area is 162 Å². The summed E-state index contributed by atoms with van der Waals surface area (Å²) in [6.45, 7) is 9.19. The van der Waals surface area contributed by atoms with Crippen molar-refractivity contribution >= 4 is 33.7 Å². The minimum absolute atomic E-state index is 0.0816. The minimum Gasteiger partial charge on any atom is -0.465 e. The topological polar surface area (TPSA) is 69.7 Å². The van der Waals surface area contributed by atoms with Crippen LogP contribution < -0.4 is 0 Å². The third-order valence-corrected chi connectivity index (χ3v) is 5.39. The molecule has 1 fully saturated rings. The van der Waals surface area contributed by atoms with Crippen LogP contribution in [0, 0.1) is 23.7 Å². The van der Waals surface area contributed by atoms with Gasteiger partial charge in [0.05, 0.1) is 6.61 Å². The van der Waals surface area contributed by atoms with Crippen LogP contribution in [0.3, 0.4) is 0 Å². The Balaban J connectivity index is 2.47. The summed E-state index contributed by atoms with van der Waals surface area (Å²) in [6, 6.07) is 7.08. The van der Waals surface area contributed by atoms with E-state index >= 15 is 0 Å². The minimum atomic E-state index is -1.09. The van der Waals surface area contributed by atoms with E-state index in [4.69, 9.17) is 9.47 Å². The van der Waals surface area contributed by atoms with E-state index in [0.29, 0.717) is 5.56 Å². The zero-order valence-electron chi connectivity index (χ0n) is 15.7. The van der Waals surface area contributed by atoms with Crippen LogP contribution in [0.5, 0.6) is 0 Å². The lowest BCUT2D eigenvalue weighted by atomic mass is 9.67. The molecule has 2 rings (SSSR count). The van der Waals surface area contributed by atoms with Crippen molar-refractivity contribution in [2.24, 2.45) is 23.7 Å². The molecule has 1 aliphatic rings. The standard InChI is InChI=1S/C20H25BrO5/c1-6-25-18(23)15-16(20(4,5)26-19(15)24)14(11(2)3)17(22)12-7-9-13(21)10-8-12/h7-11,14-16H,6H2,1-5H3/t14-,15+,16-/m0/s1. The van der Waals surface area contributed by atoms with Crippen molar-refractivity contribution < 1.29 is 23.9 Å². The van der Waals surface area contributed by atoms with Gasteiger partial charge in [0.15, 0.2) is 11.7 Å². The Hall–Kier alpha value is -1.69. The lowest BCUT2D eigenvalue weighted by Crippen LogP contribution is -2.44. The van der Waals surface area contributed by atoms with Crippen LogP contribution in [-0.2, 0) is 19.1 Å². The van der Waals surface area contributed by atoms with E-state index < -0.39 is 35.3 Å². The highest BCUT2D eigenvalue weighted by Gasteiger charge is 2.59. The number of carbonyl (C=O) groups excluding carboxylic acids is 3. The number of rotatable bonds is 6. The fourth-order valence-electron chi connectivity index (χ4n) is 3.74. The molecule has 5 nitrogen and oxygen atoms in total. The quantitative estimate of drug-likeness (QED) is 0.391. The summed E-state index contributed by atoms with van der Waals surface area (Å²) < 4.78 is 11.4. The summed E-state index contributed by atoms with van der Waals surface area (Å²) in [7, 11) is 0. The van der Waals surface area contributed by atoms with Gasteiger partial charge >= 0.3 is 11.9 Å². The van der Waals surface area contributed by atoms with Crippen LogP contribution in [0.2, 0.25) is 0 Å². The monoisotopic (exact) mass is 424 g/mol. The van der Waals surface area contributed by atoms with Crippen molar-refractivity contribution in [2.45, 2.75) is 40.2 Å². The number of hydrogen-bond acceptors (Lipinski definition) is 5. The predicted molar refractivity (Wildman–Crippen MR) is 101 cm³/mol. The molecule has 1 heterocycles. The van der Waals surface area contributed by atoms with Gasteiger partial charge in [-0.1, -0.05) is 41.9 Å². The zero-order valence-corrected chi connectivity index (χ0v) is 17.3. The number of ether oxygens (including phenoxy) is 2. The third kappa shape index (κ3) is 4.00. The largest absolute Gasteiger partial charge is 0.465 e. The van der Waals surface area contributed by atoms with Gasteiger partial charge in [0.2, 0.25) is 0 Å². The van der Waals surface area contributed by atoms with Gasteiger partial charge in [-0.25, -0.2) is 0 Å². The molecule has 0 aromatic heterocycles. The van der Waals surface area contributed by atoms with Gasteiger partial charge in [-0.15, -0.1) is 0 Å². The second kappa shape index (κ2) is 7.91. The molecule has 0 saturated carbocycles. The number of carbonyl (C=O) groups is 3. The summed E-state index contributed by atoms with van der Waals surface area (Å²) in [5, 5.41) is 0. The molecule has 0 bridgehead atoms. The predicted octanol–water partition coefficient (Wildman–Crippen LogP) is 4.03. The van der Waals surface area contributed by atoms with Gasteiger partial charge in [0.1, 0.15) is 5.60 Å². The number of ketones is 1. The SMILES string of the molecule is CCOC(=O)[C@@H]1C(=O)OC(C)(C)[C@H]1[C@@H](C(=O)c1ccc(Br)cc1)C(C)C. The van der Waals surface area contributed by atoms with Gasteiger partial charge < -0.3 is 9.47 Å². The number of esters is 2. The fourth-order valence-corrected chi connectivity index (χ4v) is 4.00. The summed E-state index contributed by atoms with van der Waals surface area (Å²) in [5.41, 5.74) is -0.390. The van der Waals surface area contributed by atoms with E-state index in [0.717, 1.165) is 4.47 Å². The van der Waals surface area contributed by atoms with Crippen LogP contribution in [0.1, 0.15) is 45.0 Å². The summed E-state index contributed by atoms with van der Waals surface area (Å²) in [6.07, 6.45) is 0. The molecule has 0 unspecified atom stereocenters. The Morgan fingerprint density at radius 1 is 1.23 bits per heavy atom. The molecule has 1 aromatic carbocycles. The highest BCUT2D eigenvalue weighted by molar-refractivity contribution is 9.10. The first kappa shape index (κ1) is 20.6. The average molecular weight is 425 g/mol. The second-order valence-corrected chi connectivity index (χ2v) is 8.34. The van der Waals surface area contributed by atoms with Crippen LogP contribution in [-0.4, -0.2) is 29.9 Å². The van der Waals surface area contributed by atoms with Crippen molar-refractivity contribution in [1.82, 2.24) is 0 Å². The van der Waals surface area contributed by atoms with Gasteiger partial charge in [0.25, 0.3) is 0 Å². The van der Waals surface area contributed by atoms with Crippen molar-refractivity contribution in [1.29, 1.82) is 0 Å². The molecule has 0 aliphatic carbocycles. The zero-order chi connectivity index (χ0) is 19.6. The maximum atomic E-state index is 13.3. The van der Waals surface area contributed by atoms with E-state index in [2.05, 4.69) is 15.9 Å². The van der Waals surface area contributed by atoms with Gasteiger partial charge in [-0.05, 0) is 38.8 Å². The van der Waals surface area contributed by atoms with E-state index in [-0.39, 0.29) is 18.3 Å². The first-order valence-corrected chi connectivity index (χ1v) is 9.58. The lowest BCUT2D eigenvalue weighted by Gasteiger charge is -2.35. The van der Waals surface area contributed by atoms with Crippen LogP contribution in [0.4, 0.5) is 0 Å². The molecule has 6 heteroatoms. The number of cyclic esters (lactones) is 1. The Bertz CT molecular complexity index is 693. The van der Waals surface area contributed by atoms with Crippen molar-refractivity contribution in [3.63, 3.8) is 0 Å². The number of Topliss-reactive ketones (excluding diaryl/α,β-unsaturated/α-hetero) is 1. The summed E-state index contributed by atoms with van der Waals surface area (Å²) >= 11 is 3.36. The molecule has 0 amide bonds. The van der Waals surface area contributed by atoms with Crippen molar-refractivity contribution in [3.05, 3.63) is 34.3 Å². The molecule has 3 atom stereocenters. The van der Waals surface area contributed by atoms with E-state index in [1.165, 1.54) is 0 Å². The molecule has 0 N–H and O–H groups in total. The molecule has 1 aromatic rings. The Kier molecular flexibility index (Phi) is 6.27. The smallest absolute Gasteiger partial charge is 0.321 e. The molecule has 1 aliphatic heterocycles. The van der Waals surface area contributed by atoms with E-state index in [1.807, 2.05) is 13.8 Å². The fraction of sp³-hybridized carbons (Fsp3) is 0.550. The number of hydrogen-bond donors (Lipinski definition) is 0. The Morgan fingerprint density at radius 3 is 2.31 bits per heavy atom. The highest BCUT2D eigenvalue weighted by Crippen LogP contribution is 2.46. The highest BCUT2D eigenvalue weighted by atomic mass is 79.9. The lowest BCUT2D eigenvalue weighted by molar-refractivity contribution is -0.157. The van der Waals surface area contributed by atoms with Crippen LogP contribution in [0.15, 0.2) is 28.7 Å². The number of halogens is 1. The normalized spacial score (nSPS) is 22.8. The first-order valence-electron chi connectivity index (χ1n) is 8.79. The molecule has 26 heavy (non-hydrogen) atoms. The molecule has 0 radical (unpaired) electrons. The first-order chi connectivity index (χ1) is 12.1. The third-order valence-electron chi connectivity index (χ3n) is 4.86. The van der Waals surface area contributed by atoms with Crippen molar-refractivity contribution in [2.75, 3.05) is 6.61 Å². The maximum absolute atomic E-state index is 13.3. The van der Waals surface area contributed by atoms with Gasteiger partial charge in [-0.2, -0.15) is 0 Å². The molecule has 0 spiro atoms. The summed E-state index contributed by atoms with van der Waals surface area (Å²) in [4.78, 5) is 38.1. The van der Waals surface area contributed by atoms with Crippen LogP contribution >= 0.6 is 15.9 Å².